The lowest BCUT2D eigenvalue weighted by Gasteiger charge is -2.14. The summed E-state index contributed by atoms with van der Waals surface area (Å²) in [6, 6.07) is 10.1. The van der Waals surface area contributed by atoms with E-state index in [4.69, 9.17) is 16.3 Å². The second-order valence-corrected chi connectivity index (χ2v) is 8.25. The predicted molar refractivity (Wildman–Crippen MR) is 113 cm³/mol. The fourth-order valence-electron chi connectivity index (χ4n) is 2.67. The molecule has 0 spiro atoms. The highest BCUT2D eigenvalue weighted by Gasteiger charge is 2.31. The van der Waals surface area contributed by atoms with Gasteiger partial charge in [-0.2, -0.15) is 13.2 Å². The summed E-state index contributed by atoms with van der Waals surface area (Å²) < 4.78 is 45.7. The number of nitrogens with one attached hydrogen (secondary N) is 1. The molecule has 0 aliphatic carbocycles. The molecule has 164 valence electrons. The number of carbonyl (C=O) groups is 1. The highest BCUT2D eigenvalue weighted by atomic mass is 35.5. The zero-order valence-corrected chi connectivity index (χ0v) is 18.3. The number of halogens is 4. The summed E-state index contributed by atoms with van der Waals surface area (Å²) in [5.41, 5.74) is -0.221. The first kappa shape index (κ1) is 23.0. The van der Waals surface area contributed by atoms with E-state index in [-0.39, 0.29) is 10.7 Å². The van der Waals surface area contributed by atoms with Crippen LogP contribution in [0.2, 0.25) is 5.02 Å². The molecule has 3 aromatic rings. The van der Waals surface area contributed by atoms with Crippen molar-refractivity contribution in [2.45, 2.75) is 23.5 Å². The van der Waals surface area contributed by atoms with Crippen LogP contribution in [-0.4, -0.2) is 33.0 Å². The molecule has 11 heteroatoms. The molecule has 3 rings (SSSR count). The number of nitrogens with zero attached hydrogens (tertiary/aromatic N) is 3. The molecule has 1 heterocycles. The molecule has 2 aromatic carbocycles. The smallest absolute Gasteiger partial charge is 0.416 e. The third-order valence-corrected chi connectivity index (χ3v) is 5.83. The molecule has 1 atom stereocenters. The second kappa shape index (κ2) is 9.19. The van der Waals surface area contributed by atoms with Crippen LogP contribution < -0.4 is 10.1 Å². The van der Waals surface area contributed by atoms with E-state index in [1.807, 2.05) is 18.2 Å². The van der Waals surface area contributed by atoms with Crippen molar-refractivity contribution in [2.75, 3.05) is 12.4 Å². The van der Waals surface area contributed by atoms with Crippen molar-refractivity contribution in [3.8, 4) is 17.1 Å². The van der Waals surface area contributed by atoms with E-state index in [1.165, 1.54) is 0 Å². The van der Waals surface area contributed by atoms with Crippen LogP contribution in [0.15, 0.2) is 47.6 Å². The van der Waals surface area contributed by atoms with E-state index in [0.29, 0.717) is 16.7 Å². The first-order valence-electron chi connectivity index (χ1n) is 8.98. The number of anilines is 1. The third-order valence-electron chi connectivity index (χ3n) is 4.37. The van der Waals surface area contributed by atoms with E-state index in [0.717, 1.165) is 35.5 Å². The number of hydrogen-bond donors (Lipinski definition) is 1. The number of aromatic nitrogens is 3. The summed E-state index contributed by atoms with van der Waals surface area (Å²) in [5.74, 6) is 0.729. The summed E-state index contributed by atoms with van der Waals surface area (Å²) in [7, 11) is 3.32. The quantitative estimate of drug-likeness (QED) is 0.496. The van der Waals surface area contributed by atoms with Gasteiger partial charge in [-0.25, -0.2) is 0 Å². The van der Waals surface area contributed by atoms with Gasteiger partial charge in [0.2, 0.25) is 5.91 Å². The number of benzene rings is 2. The van der Waals surface area contributed by atoms with Crippen molar-refractivity contribution in [1.29, 1.82) is 0 Å². The molecular weight excluding hydrogens is 453 g/mol. The fourth-order valence-corrected chi connectivity index (χ4v) is 3.65. The summed E-state index contributed by atoms with van der Waals surface area (Å²) in [6.07, 6.45) is -4.54. The van der Waals surface area contributed by atoms with Crippen molar-refractivity contribution in [2.24, 2.45) is 7.05 Å². The van der Waals surface area contributed by atoms with Gasteiger partial charge in [0.1, 0.15) is 5.75 Å². The van der Waals surface area contributed by atoms with Gasteiger partial charge in [0.05, 0.1) is 28.6 Å². The Balaban J connectivity index is 1.74. The van der Waals surface area contributed by atoms with E-state index in [2.05, 4.69) is 15.5 Å². The summed E-state index contributed by atoms with van der Waals surface area (Å²) in [6.45, 7) is 1.61. The maximum atomic E-state index is 12.9. The number of ether oxygens (including phenoxy) is 1. The standard InChI is InChI=1S/C20H18ClF3N4O2S/c1-11(18(29)25-16-10-13(20(22,23)24)7-8-15(16)21)31-19-27-26-17(28(19)2)12-5-4-6-14(9-12)30-3/h4-11H,1-3H3,(H,25,29). The van der Waals surface area contributed by atoms with Gasteiger partial charge in [-0.3, -0.25) is 4.79 Å². The Kier molecular flexibility index (Phi) is 6.80. The van der Waals surface area contributed by atoms with Gasteiger partial charge in [0.15, 0.2) is 11.0 Å². The minimum absolute atomic E-state index is 0.0116. The topological polar surface area (TPSA) is 69.0 Å². The number of alkyl halides is 3. The van der Waals surface area contributed by atoms with Crippen LogP contribution in [0.25, 0.3) is 11.4 Å². The Morgan fingerprint density at radius 3 is 2.65 bits per heavy atom. The lowest BCUT2D eigenvalue weighted by Crippen LogP contribution is -2.23. The average molecular weight is 471 g/mol. The Hall–Kier alpha value is -2.72. The normalized spacial score (nSPS) is 12.5. The highest BCUT2D eigenvalue weighted by Crippen LogP contribution is 2.34. The minimum atomic E-state index is -4.54. The molecule has 0 saturated heterocycles. The molecule has 0 bridgehead atoms. The molecule has 6 nitrogen and oxygen atoms in total. The number of hydrogen-bond acceptors (Lipinski definition) is 5. The molecule has 0 aliphatic rings. The third kappa shape index (κ3) is 5.31. The lowest BCUT2D eigenvalue weighted by molar-refractivity contribution is -0.137. The Morgan fingerprint density at radius 1 is 1.23 bits per heavy atom. The summed E-state index contributed by atoms with van der Waals surface area (Å²) in [4.78, 5) is 12.6. The van der Waals surface area contributed by atoms with Gasteiger partial charge in [0.25, 0.3) is 0 Å². The van der Waals surface area contributed by atoms with Gasteiger partial charge in [0, 0.05) is 12.6 Å². The first-order chi connectivity index (χ1) is 14.6. The van der Waals surface area contributed by atoms with E-state index < -0.39 is 22.9 Å². The molecule has 1 aromatic heterocycles. The number of thioether (sulfide) groups is 1. The van der Waals surface area contributed by atoms with Crippen LogP contribution in [0.3, 0.4) is 0 Å². The summed E-state index contributed by atoms with van der Waals surface area (Å²) >= 11 is 7.07. The summed E-state index contributed by atoms with van der Waals surface area (Å²) in [5, 5.41) is 10.5. The number of methoxy groups -OCH3 is 1. The average Bonchev–Trinajstić information content (AvgIpc) is 3.08. The van der Waals surface area contributed by atoms with Gasteiger partial charge >= 0.3 is 6.18 Å². The zero-order valence-electron chi connectivity index (χ0n) is 16.7. The Morgan fingerprint density at radius 2 is 1.97 bits per heavy atom. The van der Waals surface area contributed by atoms with Crippen molar-refractivity contribution < 1.29 is 22.7 Å². The number of carbonyl (C=O) groups excluding carboxylic acids is 1. The van der Waals surface area contributed by atoms with Gasteiger partial charge in [-0.05, 0) is 37.3 Å². The first-order valence-corrected chi connectivity index (χ1v) is 10.2. The van der Waals surface area contributed by atoms with Crippen molar-refractivity contribution in [3.05, 3.63) is 53.1 Å². The van der Waals surface area contributed by atoms with Crippen LogP contribution in [0.4, 0.5) is 18.9 Å². The Bertz CT molecular complexity index is 1100. The van der Waals surface area contributed by atoms with Crippen LogP contribution in [0.5, 0.6) is 5.75 Å². The molecule has 0 aliphatic heterocycles. The number of rotatable bonds is 6. The predicted octanol–water partition coefficient (Wildman–Crippen LogP) is 5.28. The van der Waals surface area contributed by atoms with E-state index >= 15 is 0 Å². The Labute approximate surface area is 185 Å². The van der Waals surface area contributed by atoms with Crippen LogP contribution in [0.1, 0.15) is 12.5 Å². The zero-order chi connectivity index (χ0) is 22.8. The van der Waals surface area contributed by atoms with Crippen LogP contribution >= 0.6 is 23.4 Å². The molecule has 1 N–H and O–H groups in total. The second-order valence-electron chi connectivity index (χ2n) is 6.54. The highest BCUT2D eigenvalue weighted by molar-refractivity contribution is 8.00. The SMILES string of the molecule is COc1cccc(-c2nnc(SC(C)C(=O)Nc3cc(C(F)(F)F)ccc3Cl)n2C)c1. The van der Waals surface area contributed by atoms with Crippen molar-refractivity contribution in [1.82, 2.24) is 14.8 Å². The van der Waals surface area contributed by atoms with Crippen LogP contribution in [0, 0.1) is 0 Å². The van der Waals surface area contributed by atoms with Crippen LogP contribution in [-0.2, 0) is 18.0 Å². The number of amides is 1. The molecule has 0 radical (unpaired) electrons. The molecule has 1 amide bonds. The van der Waals surface area contributed by atoms with Gasteiger partial charge in [-0.15, -0.1) is 10.2 Å². The minimum Gasteiger partial charge on any atom is -0.497 e. The maximum absolute atomic E-state index is 12.9. The molecule has 1 unspecified atom stereocenters. The van der Waals surface area contributed by atoms with Gasteiger partial charge < -0.3 is 14.6 Å². The largest absolute Gasteiger partial charge is 0.497 e. The fraction of sp³-hybridized carbons (Fsp3) is 0.250. The molecular formula is C20H18ClF3N4O2S. The molecule has 0 fully saturated rings. The molecule has 31 heavy (non-hydrogen) atoms. The maximum Gasteiger partial charge on any atom is 0.416 e. The van der Waals surface area contributed by atoms with Crippen molar-refractivity contribution >= 4 is 35.0 Å². The van der Waals surface area contributed by atoms with E-state index in [9.17, 15) is 18.0 Å². The molecule has 0 saturated carbocycles. The lowest BCUT2D eigenvalue weighted by atomic mass is 10.2. The van der Waals surface area contributed by atoms with E-state index in [1.54, 1.807) is 31.7 Å². The van der Waals surface area contributed by atoms with Gasteiger partial charge in [-0.1, -0.05) is 35.5 Å². The van der Waals surface area contributed by atoms with Crippen molar-refractivity contribution in [3.63, 3.8) is 0 Å². The monoisotopic (exact) mass is 470 g/mol.